The highest BCUT2D eigenvalue weighted by molar-refractivity contribution is 5.90. The first-order valence-corrected chi connectivity index (χ1v) is 4.97. The zero-order valence-electron chi connectivity index (χ0n) is 9.41. The van der Waals surface area contributed by atoms with Gasteiger partial charge in [-0.2, -0.15) is 0 Å². The van der Waals surface area contributed by atoms with E-state index in [0.29, 0.717) is 11.4 Å². The maximum Gasteiger partial charge on any atom is 0.319 e. The Kier molecular flexibility index (Phi) is 4.60. The Morgan fingerprint density at radius 2 is 2.25 bits per heavy atom. The van der Waals surface area contributed by atoms with Crippen LogP contribution in [-0.2, 0) is 0 Å². The highest BCUT2D eigenvalue weighted by atomic mass is 16.5. The van der Waals surface area contributed by atoms with E-state index >= 15 is 0 Å². The van der Waals surface area contributed by atoms with Gasteiger partial charge in [0.1, 0.15) is 5.75 Å². The third-order valence-corrected chi connectivity index (χ3v) is 2.00. The van der Waals surface area contributed by atoms with E-state index in [2.05, 4.69) is 10.6 Å². The summed E-state index contributed by atoms with van der Waals surface area (Å²) < 4.78 is 5.14. The number of nitrogens with one attached hydrogen (secondary N) is 2. The molecule has 0 saturated heterocycles. The lowest BCUT2D eigenvalue weighted by Crippen LogP contribution is -2.31. The molecule has 88 valence electrons. The largest absolute Gasteiger partial charge is 0.495 e. The van der Waals surface area contributed by atoms with Crippen LogP contribution >= 0.6 is 0 Å². The van der Waals surface area contributed by atoms with E-state index in [1.165, 1.54) is 0 Å². The van der Waals surface area contributed by atoms with E-state index in [0.717, 1.165) is 5.56 Å². The molecule has 0 fully saturated rings. The Hall–Kier alpha value is -1.75. The average Bonchev–Trinajstić information content (AvgIpc) is 2.28. The summed E-state index contributed by atoms with van der Waals surface area (Å²) in [6, 6.07) is 5.12. The molecule has 2 amide bonds. The Labute approximate surface area is 94.4 Å². The van der Waals surface area contributed by atoms with Crippen molar-refractivity contribution in [3.63, 3.8) is 0 Å². The fourth-order valence-electron chi connectivity index (χ4n) is 1.24. The van der Waals surface area contributed by atoms with Crippen LogP contribution in [0.5, 0.6) is 5.75 Å². The minimum Gasteiger partial charge on any atom is -0.495 e. The number of benzene rings is 1. The van der Waals surface area contributed by atoms with E-state index in [-0.39, 0.29) is 19.2 Å². The van der Waals surface area contributed by atoms with Crippen molar-refractivity contribution in [1.29, 1.82) is 0 Å². The highest BCUT2D eigenvalue weighted by Crippen LogP contribution is 2.24. The van der Waals surface area contributed by atoms with E-state index < -0.39 is 0 Å². The number of anilines is 1. The summed E-state index contributed by atoms with van der Waals surface area (Å²) in [6.07, 6.45) is 0. The predicted molar refractivity (Wildman–Crippen MR) is 61.8 cm³/mol. The number of aliphatic hydroxyl groups is 1. The second-order valence-electron chi connectivity index (χ2n) is 3.31. The Morgan fingerprint density at radius 3 is 2.88 bits per heavy atom. The number of ether oxygens (including phenoxy) is 1. The van der Waals surface area contributed by atoms with Crippen molar-refractivity contribution in [3.8, 4) is 5.75 Å². The van der Waals surface area contributed by atoms with Gasteiger partial charge in [-0.3, -0.25) is 0 Å². The number of aryl methyl sites for hydroxylation is 1. The molecular weight excluding hydrogens is 208 g/mol. The van der Waals surface area contributed by atoms with E-state index in [1.54, 1.807) is 13.2 Å². The molecule has 0 heterocycles. The third-order valence-electron chi connectivity index (χ3n) is 2.00. The molecule has 0 bridgehead atoms. The molecule has 0 aromatic heterocycles. The number of aliphatic hydroxyl groups excluding tert-OH is 1. The van der Waals surface area contributed by atoms with Gasteiger partial charge in [-0.15, -0.1) is 0 Å². The first-order valence-electron chi connectivity index (χ1n) is 4.97. The Balaban J connectivity index is 2.69. The van der Waals surface area contributed by atoms with Gasteiger partial charge in [0.25, 0.3) is 0 Å². The van der Waals surface area contributed by atoms with Gasteiger partial charge in [0.15, 0.2) is 0 Å². The fourth-order valence-corrected chi connectivity index (χ4v) is 1.24. The maximum atomic E-state index is 11.3. The van der Waals surface area contributed by atoms with Crippen LogP contribution in [0, 0.1) is 6.92 Å². The van der Waals surface area contributed by atoms with Crippen LogP contribution < -0.4 is 15.4 Å². The number of carbonyl (C=O) groups is 1. The number of methoxy groups -OCH3 is 1. The molecule has 5 nitrogen and oxygen atoms in total. The van der Waals surface area contributed by atoms with Crippen molar-refractivity contribution in [2.24, 2.45) is 0 Å². The molecular formula is C11H16N2O3. The van der Waals surface area contributed by atoms with Gasteiger partial charge in [0, 0.05) is 6.54 Å². The Morgan fingerprint density at radius 1 is 1.50 bits per heavy atom. The molecule has 0 aliphatic rings. The number of hydrogen-bond donors (Lipinski definition) is 3. The minimum atomic E-state index is -0.365. The molecule has 0 unspecified atom stereocenters. The molecule has 0 aliphatic heterocycles. The molecule has 0 radical (unpaired) electrons. The van der Waals surface area contributed by atoms with Gasteiger partial charge in [-0.1, -0.05) is 6.07 Å². The molecule has 1 rings (SSSR count). The van der Waals surface area contributed by atoms with Crippen LogP contribution in [0.4, 0.5) is 10.5 Å². The molecule has 5 heteroatoms. The average molecular weight is 224 g/mol. The summed E-state index contributed by atoms with van der Waals surface area (Å²) in [6.45, 7) is 2.08. The van der Waals surface area contributed by atoms with Crippen LogP contribution in [0.25, 0.3) is 0 Å². The van der Waals surface area contributed by atoms with Gasteiger partial charge < -0.3 is 20.5 Å². The molecule has 0 atom stereocenters. The molecule has 0 spiro atoms. The van der Waals surface area contributed by atoms with Crippen molar-refractivity contribution in [1.82, 2.24) is 5.32 Å². The first-order chi connectivity index (χ1) is 7.67. The van der Waals surface area contributed by atoms with E-state index in [4.69, 9.17) is 9.84 Å². The summed E-state index contributed by atoms with van der Waals surface area (Å²) in [5, 5.41) is 13.7. The summed E-state index contributed by atoms with van der Waals surface area (Å²) in [5.74, 6) is 0.610. The number of carbonyl (C=O) groups excluding carboxylic acids is 1. The van der Waals surface area contributed by atoms with Gasteiger partial charge in [-0.25, -0.2) is 4.79 Å². The maximum absolute atomic E-state index is 11.3. The molecule has 0 saturated carbocycles. The van der Waals surface area contributed by atoms with Gasteiger partial charge in [0.2, 0.25) is 0 Å². The van der Waals surface area contributed by atoms with Crippen molar-refractivity contribution in [2.45, 2.75) is 6.92 Å². The van der Waals surface area contributed by atoms with Crippen LogP contribution in [0.1, 0.15) is 5.56 Å². The van der Waals surface area contributed by atoms with Gasteiger partial charge in [-0.05, 0) is 24.6 Å². The SMILES string of the molecule is COc1cc(C)ccc1NC(=O)NCCO. The quantitative estimate of drug-likeness (QED) is 0.717. The van der Waals surface area contributed by atoms with Crippen molar-refractivity contribution < 1.29 is 14.6 Å². The van der Waals surface area contributed by atoms with Crippen molar-refractivity contribution >= 4 is 11.7 Å². The molecule has 0 aliphatic carbocycles. The molecule has 1 aromatic rings. The normalized spacial score (nSPS) is 9.69. The first kappa shape index (κ1) is 12.3. The summed E-state index contributed by atoms with van der Waals surface area (Å²) >= 11 is 0. The van der Waals surface area contributed by atoms with E-state index in [1.807, 2.05) is 19.1 Å². The minimum absolute atomic E-state index is 0.0849. The van der Waals surface area contributed by atoms with Crippen LogP contribution in [0.3, 0.4) is 0 Å². The van der Waals surface area contributed by atoms with E-state index in [9.17, 15) is 4.79 Å². The standard InChI is InChI=1S/C11H16N2O3/c1-8-3-4-9(10(7-8)16-2)13-11(15)12-5-6-14/h3-4,7,14H,5-6H2,1-2H3,(H2,12,13,15). The second-order valence-corrected chi connectivity index (χ2v) is 3.31. The summed E-state index contributed by atoms with van der Waals surface area (Å²) in [4.78, 5) is 11.3. The number of urea groups is 1. The highest BCUT2D eigenvalue weighted by Gasteiger charge is 2.06. The van der Waals surface area contributed by atoms with Crippen molar-refractivity contribution in [3.05, 3.63) is 23.8 Å². The number of amides is 2. The summed E-state index contributed by atoms with van der Waals surface area (Å²) in [5.41, 5.74) is 1.65. The second kappa shape index (κ2) is 5.97. The third kappa shape index (κ3) is 3.43. The zero-order valence-corrected chi connectivity index (χ0v) is 9.41. The zero-order chi connectivity index (χ0) is 12.0. The van der Waals surface area contributed by atoms with Gasteiger partial charge >= 0.3 is 6.03 Å². The lowest BCUT2D eigenvalue weighted by molar-refractivity contribution is 0.244. The van der Waals surface area contributed by atoms with Crippen LogP contribution in [0.2, 0.25) is 0 Å². The molecule has 16 heavy (non-hydrogen) atoms. The number of rotatable bonds is 4. The molecule has 3 N–H and O–H groups in total. The lowest BCUT2D eigenvalue weighted by atomic mass is 10.2. The Bertz CT molecular complexity index is 366. The molecule has 1 aromatic carbocycles. The predicted octanol–water partition coefficient (Wildman–Crippen LogP) is 1.12. The van der Waals surface area contributed by atoms with Crippen LogP contribution in [-0.4, -0.2) is 31.4 Å². The van der Waals surface area contributed by atoms with Gasteiger partial charge in [0.05, 0.1) is 19.4 Å². The lowest BCUT2D eigenvalue weighted by Gasteiger charge is -2.11. The van der Waals surface area contributed by atoms with Crippen LogP contribution in [0.15, 0.2) is 18.2 Å². The number of hydrogen-bond acceptors (Lipinski definition) is 3. The fraction of sp³-hybridized carbons (Fsp3) is 0.364. The monoisotopic (exact) mass is 224 g/mol. The summed E-state index contributed by atoms with van der Waals surface area (Å²) in [7, 11) is 1.55. The van der Waals surface area contributed by atoms with Crippen molar-refractivity contribution in [2.75, 3.05) is 25.6 Å². The smallest absolute Gasteiger partial charge is 0.319 e. The topological polar surface area (TPSA) is 70.6 Å².